The van der Waals surface area contributed by atoms with Crippen molar-refractivity contribution in [3.05, 3.63) is 35.4 Å². The molecule has 0 bridgehead atoms. The largest absolute Gasteiger partial charge is 0.480 e. The molecule has 0 aromatic heterocycles. The Bertz CT molecular complexity index is 368. The van der Waals surface area contributed by atoms with Crippen molar-refractivity contribution < 1.29 is 18.7 Å². The highest BCUT2D eigenvalue weighted by atomic mass is 19.2. The molecule has 0 amide bonds. The van der Waals surface area contributed by atoms with Crippen LogP contribution >= 0.6 is 0 Å². The third-order valence-corrected chi connectivity index (χ3v) is 1.97. The lowest BCUT2D eigenvalue weighted by atomic mass is 10.2. The van der Waals surface area contributed by atoms with Gasteiger partial charge in [0.15, 0.2) is 11.6 Å². The van der Waals surface area contributed by atoms with Gasteiger partial charge in [-0.3, -0.25) is 4.79 Å². The molecule has 5 heteroatoms. The Hall–Kier alpha value is -1.49. The van der Waals surface area contributed by atoms with E-state index >= 15 is 0 Å². The normalized spacial score (nSPS) is 12.5. The molecule has 0 saturated heterocycles. The van der Waals surface area contributed by atoms with Crippen LogP contribution < -0.4 is 5.32 Å². The van der Waals surface area contributed by atoms with Gasteiger partial charge in [0.25, 0.3) is 0 Å². The zero-order valence-corrected chi connectivity index (χ0v) is 8.13. The fraction of sp³-hybridized carbons (Fsp3) is 0.300. The van der Waals surface area contributed by atoms with E-state index in [1.165, 1.54) is 13.0 Å². The second kappa shape index (κ2) is 4.84. The molecule has 0 radical (unpaired) electrons. The minimum atomic E-state index is -0.988. The fourth-order valence-electron chi connectivity index (χ4n) is 1.01. The standard InChI is InChI=1S/C10H11F2NO2/c1-6(10(14)15)13-5-7-2-3-8(11)9(12)4-7/h2-4,6,13H,5H2,1H3,(H,14,15)/t6-/m1/s1. The van der Waals surface area contributed by atoms with Crippen molar-refractivity contribution in [2.24, 2.45) is 0 Å². The first-order chi connectivity index (χ1) is 7.00. The fourth-order valence-corrected chi connectivity index (χ4v) is 1.01. The van der Waals surface area contributed by atoms with Crippen LogP contribution in [0.25, 0.3) is 0 Å². The molecule has 1 rings (SSSR count). The summed E-state index contributed by atoms with van der Waals surface area (Å²) in [5, 5.41) is 11.2. The predicted octanol–water partition coefficient (Wildman–Crippen LogP) is 1.53. The highest BCUT2D eigenvalue weighted by Crippen LogP contribution is 2.08. The van der Waals surface area contributed by atoms with E-state index in [2.05, 4.69) is 5.32 Å². The Balaban J connectivity index is 2.58. The monoisotopic (exact) mass is 215 g/mol. The van der Waals surface area contributed by atoms with Crippen LogP contribution in [-0.2, 0) is 11.3 Å². The van der Waals surface area contributed by atoms with Gasteiger partial charge in [0.2, 0.25) is 0 Å². The Morgan fingerprint density at radius 2 is 2.13 bits per heavy atom. The van der Waals surface area contributed by atoms with Gasteiger partial charge in [-0.05, 0) is 24.6 Å². The molecule has 15 heavy (non-hydrogen) atoms. The molecule has 0 aliphatic carbocycles. The molecule has 0 spiro atoms. The van der Waals surface area contributed by atoms with Crippen LogP contribution in [0.1, 0.15) is 12.5 Å². The second-order valence-electron chi connectivity index (χ2n) is 3.19. The average molecular weight is 215 g/mol. The summed E-state index contributed by atoms with van der Waals surface area (Å²) in [5.41, 5.74) is 0.502. The van der Waals surface area contributed by atoms with E-state index in [-0.39, 0.29) is 6.54 Å². The van der Waals surface area contributed by atoms with Crippen LogP contribution in [0.4, 0.5) is 8.78 Å². The number of aliphatic carboxylic acids is 1. The van der Waals surface area contributed by atoms with E-state index < -0.39 is 23.6 Å². The molecule has 0 unspecified atom stereocenters. The number of hydrogen-bond donors (Lipinski definition) is 2. The van der Waals surface area contributed by atoms with Gasteiger partial charge in [-0.1, -0.05) is 6.07 Å². The summed E-state index contributed by atoms with van der Waals surface area (Å²) in [4.78, 5) is 10.4. The van der Waals surface area contributed by atoms with Gasteiger partial charge in [0, 0.05) is 6.54 Å². The summed E-state index contributed by atoms with van der Waals surface area (Å²) in [6.45, 7) is 1.66. The Labute approximate surface area is 85.7 Å². The predicted molar refractivity (Wildman–Crippen MR) is 50.3 cm³/mol. The first kappa shape index (κ1) is 11.6. The lowest BCUT2D eigenvalue weighted by molar-refractivity contribution is -0.139. The maximum absolute atomic E-state index is 12.7. The number of nitrogens with one attached hydrogen (secondary N) is 1. The van der Waals surface area contributed by atoms with E-state index in [9.17, 15) is 13.6 Å². The molecule has 0 saturated carbocycles. The van der Waals surface area contributed by atoms with Gasteiger partial charge < -0.3 is 10.4 Å². The van der Waals surface area contributed by atoms with E-state index in [1.807, 2.05) is 0 Å². The summed E-state index contributed by atoms with van der Waals surface area (Å²) in [7, 11) is 0. The quantitative estimate of drug-likeness (QED) is 0.800. The van der Waals surface area contributed by atoms with Crippen LogP contribution in [0.3, 0.4) is 0 Å². The van der Waals surface area contributed by atoms with Crippen molar-refractivity contribution in [2.75, 3.05) is 0 Å². The van der Waals surface area contributed by atoms with Crippen LogP contribution in [0.5, 0.6) is 0 Å². The topological polar surface area (TPSA) is 49.3 Å². The van der Waals surface area contributed by atoms with Gasteiger partial charge in [0.05, 0.1) is 0 Å². The third kappa shape index (κ3) is 3.28. The molecule has 82 valence electrons. The SMILES string of the molecule is C[C@@H](NCc1ccc(F)c(F)c1)C(=O)O. The summed E-state index contributed by atoms with van der Waals surface area (Å²) in [6, 6.07) is 2.73. The van der Waals surface area contributed by atoms with Crippen molar-refractivity contribution >= 4 is 5.97 Å². The van der Waals surface area contributed by atoms with Crippen molar-refractivity contribution in [1.29, 1.82) is 0 Å². The van der Waals surface area contributed by atoms with Gasteiger partial charge in [0.1, 0.15) is 6.04 Å². The lowest BCUT2D eigenvalue weighted by Crippen LogP contribution is -2.33. The van der Waals surface area contributed by atoms with Crippen molar-refractivity contribution in [1.82, 2.24) is 5.32 Å². The number of hydrogen-bond acceptors (Lipinski definition) is 2. The number of rotatable bonds is 4. The zero-order valence-electron chi connectivity index (χ0n) is 8.13. The smallest absolute Gasteiger partial charge is 0.320 e. The highest BCUT2D eigenvalue weighted by molar-refractivity contribution is 5.72. The first-order valence-electron chi connectivity index (χ1n) is 4.41. The number of carboxylic acids is 1. The van der Waals surface area contributed by atoms with Gasteiger partial charge >= 0.3 is 5.97 Å². The third-order valence-electron chi connectivity index (χ3n) is 1.97. The van der Waals surface area contributed by atoms with Crippen molar-refractivity contribution in [3.63, 3.8) is 0 Å². The molecule has 2 N–H and O–H groups in total. The molecular formula is C10H11F2NO2. The molecule has 0 fully saturated rings. The Morgan fingerprint density at radius 1 is 1.47 bits per heavy atom. The van der Waals surface area contributed by atoms with Crippen molar-refractivity contribution in [3.8, 4) is 0 Å². The summed E-state index contributed by atoms with van der Waals surface area (Å²) in [6.07, 6.45) is 0. The zero-order chi connectivity index (χ0) is 11.4. The Kier molecular flexibility index (Phi) is 3.74. The van der Waals surface area contributed by atoms with E-state index in [0.29, 0.717) is 5.56 Å². The number of carbonyl (C=O) groups is 1. The summed E-state index contributed by atoms with van der Waals surface area (Å²) < 4.78 is 25.3. The molecular weight excluding hydrogens is 204 g/mol. The van der Waals surface area contributed by atoms with E-state index in [4.69, 9.17) is 5.11 Å². The summed E-state index contributed by atoms with van der Waals surface area (Å²) >= 11 is 0. The second-order valence-corrected chi connectivity index (χ2v) is 3.19. The van der Waals surface area contributed by atoms with Gasteiger partial charge in [-0.2, -0.15) is 0 Å². The van der Waals surface area contributed by atoms with Crippen LogP contribution in [0.2, 0.25) is 0 Å². The van der Waals surface area contributed by atoms with Gasteiger partial charge in [-0.15, -0.1) is 0 Å². The first-order valence-corrected chi connectivity index (χ1v) is 4.41. The molecule has 1 aromatic rings. The molecule has 0 aliphatic rings. The minimum absolute atomic E-state index is 0.185. The maximum Gasteiger partial charge on any atom is 0.320 e. The van der Waals surface area contributed by atoms with Crippen LogP contribution in [-0.4, -0.2) is 17.1 Å². The summed E-state index contributed by atoms with van der Waals surface area (Å²) in [5.74, 6) is -2.83. The number of carboxylic acid groups (broad SMARTS) is 1. The Morgan fingerprint density at radius 3 is 2.67 bits per heavy atom. The minimum Gasteiger partial charge on any atom is -0.480 e. The number of benzene rings is 1. The number of halogens is 2. The molecule has 1 aromatic carbocycles. The molecule has 0 aliphatic heterocycles. The van der Waals surface area contributed by atoms with Crippen molar-refractivity contribution in [2.45, 2.75) is 19.5 Å². The van der Waals surface area contributed by atoms with Gasteiger partial charge in [-0.25, -0.2) is 8.78 Å². The average Bonchev–Trinajstić information content (AvgIpc) is 2.19. The van der Waals surface area contributed by atoms with Crippen LogP contribution in [0, 0.1) is 11.6 Å². The maximum atomic E-state index is 12.7. The molecule has 0 heterocycles. The van der Waals surface area contributed by atoms with Crippen LogP contribution in [0.15, 0.2) is 18.2 Å². The van der Waals surface area contributed by atoms with E-state index in [1.54, 1.807) is 0 Å². The molecule has 1 atom stereocenters. The molecule has 3 nitrogen and oxygen atoms in total. The van der Waals surface area contributed by atoms with E-state index in [0.717, 1.165) is 12.1 Å². The lowest BCUT2D eigenvalue weighted by Gasteiger charge is -2.08. The highest BCUT2D eigenvalue weighted by Gasteiger charge is 2.10.